The van der Waals surface area contributed by atoms with E-state index in [4.69, 9.17) is 10.5 Å². The summed E-state index contributed by atoms with van der Waals surface area (Å²) < 4.78 is 32.4. The zero-order valence-corrected chi connectivity index (χ0v) is 14.5. The van der Waals surface area contributed by atoms with Crippen LogP contribution in [0.4, 0.5) is 0 Å². The number of rotatable bonds is 8. The molecule has 1 aliphatic carbocycles. The molecule has 0 aliphatic heterocycles. The lowest BCUT2D eigenvalue weighted by Gasteiger charge is -2.12. The molecule has 1 aliphatic rings. The van der Waals surface area contributed by atoms with Gasteiger partial charge in [-0.2, -0.15) is 0 Å². The summed E-state index contributed by atoms with van der Waals surface area (Å²) in [6.45, 7) is 0.928. The van der Waals surface area contributed by atoms with Gasteiger partial charge in [0.15, 0.2) is 0 Å². The second-order valence-electron chi connectivity index (χ2n) is 5.16. The van der Waals surface area contributed by atoms with Crippen LogP contribution >= 0.6 is 12.4 Å². The topological polar surface area (TPSA) is 111 Å². The van der Waals surface area contributed by atoms with Gasteiger partial charge >= 0.3 is 0 Å². The number of nitrogens with one attached hydrogen (secondary N) is 2. The molecule has 1 aromatic carbocycles. The lowest BCUT2D eigenvalue weighted by atomic mass is 10.2. The molecule has 0 radical (unpaired) electrons. The van der Waals surface area contributed by atoms with Crippen molar-refractivity contribution in [3.05, 3.63) is 23.8 Å². The Morgan fingerprint density at radius 1 is 1.39 bits per heavy atom. The van der Waals surface area contributed by atoms with Crippen LogP contribution in [0.2, 0.25) is 0 Å². The zero-order valence-electron chi connectivity index (χ0n) is 12.9. The van der Waals surface area contributed by atoms with Gasteiger partial charge in [0.25, 0.3) is 5.91 Å². The van der Waals surface area contributed by atoms with Gasteiger partial charge in [0.2, 0.25) is 10.0 Å². The van der Waals surface area contributed by atoms with E-state index >= 15 is 0 Å². The van der Waals surface area contributed by atoms with E-state index in [0.717, 1.165) is 12.8 Å². The van der Waals surface area contributed by atoms with Gasteiger partial charge in [-0.3, -0.25) is 4.79 Å². The van der Waals surface area contributed by atoms with Gasteiger partial charge in [-0.25, -0.2) is 13.1 Å². The van der Waals surface area contributed by atoms with Crippen LogP contribution in [0.25, 0.3) is 0 Å². The molecule has 4 N–H and O–H groups in total. The van der Waals surface area contributed by atoms with Crippen LogP contribution in [0.5, 0.6) is 5.75 Å². The van der Waals surface area contributed by atoms with E-state index in [9.17, 15) is 13.2 Å². The Hall–Kier alpha value is -1.35. The summed E-state index contributed by atoms with van der Waals surface area (Å²) in [5.41, 5.74) is 5.64. The highest BCUT2D eigenvalue weighted by atomic mass is 35.5. The molecule has 1 saturated carbocycles. The molecule has 2 rings (SSSR count). The molecule has 130 valence electrons. The highest BCUT2D eigenvalue weighted by Gasteiger charge is 2.30. The first-order valence-corrected chi connectivity index (χ1v) is 8.65. The van der Waals surface area contributed by atoms with Gasteiger partial charge in [0.1, 0.15) is 10.6 Å². The minimum atomic E-state index is -3.70. The highest BCUT2D eigenvalue weighted by Crippen LogP contribution is 2.28. The van der Waals surface area contributed by atoms with Crippen molar-refractivity contribution < 1.29 is 17.9 Å². The third-order valence-electron chi connectivity index (χ3n) is 3.28. The predicted octanol–water partition coefficient (Wildman–Crippen LogP) is 0.636. The van der Waals surface area contributed by atoms with Crippen LogP contribution < -0.4 is 20.5 Å². The quantitative estimate of drug-likeness (QED) is 0.587. The molecular weight excluding hydrogens is 342 g/mol. The molecule has 0 heterocycles. The Bertz CT molecular complexity index is 647. The Balaban J connectivity index is 0.00000264. The smallest absolute Gasteiger partial charge is 0.251 e. The number of nitrogens with two attached hydrogens (primary N) is 1. The number of ether oxygens (including phenoxy) is 1. The maximum Gasteiger partial charge on any atom is 0.251 e. The van der Waals surface area contributed by atoms with E-state index in [2.05, 4.69) is 10.0 Å². The lowest BCUT2D eigenvalue weighted by molar-refractivity contribution is 0.0953. The predicted molar refractivity (Wildman–Crippen MR) is 89.6 cm³/mol. The van der Waals surface area contributed by atoms with Crippen LogP contribution in [-0.2, 0) is 10.0 Å². The second-order valence-corrected chi connectivity index (χ2v) is 6.84. The van der Waals surface area contributed by atoms with Crippen LogP contribution in [0.1, 0.15) is 29.6 Å². The third kappa shape index (κ3) is 5.35. The van der Waals surface area contributed by atoms with Gasteiger partial charge in [-0.1, -0.05) is 0 Å². The Morgan fingerprint density at radius 2 is 2.09 bits per heavy atom. The molecule has 0 atom stereocenters. The summed E-state index contributed by atoms with van der Waals surface area (Å²) in [5, 5.41) is 2.69. The maximum atomic E-state index is 12.4. The van der Waals surface area contributed by atoms with E-state index < -0.39 is 10.0 Å². The standard InChI is InChI=1S/C14H21N3O4S.ClH/c1-21-12-6-3-10(14(18)16-8-2-7-15)9-13(12)22(19,20)17-11-4-5-11;/h3,6,9,11,17H,2,4-5,7-8,15H2,1H3,(H,16,18);1H. The fourth-order valence-corrected chi connectivity index (χ4v) is 3.42. The zero-order chi connectivity index (χ0) is 16.2. The SMILES string of the molecule is COc1ccc(C(=O)NCCCN)cc1S(=O)(=O)NC1CC1.Cl. The summed E-state index contributed by atoms with van der Waals surface area (Å²) in [4.78, 5) is 12.0. The van der Waals surface area contributed by atoms with Gasteiger partial charge in [-0.15, -0.1) is 12.4 Å². The lowest BCUT2D eigenvalue weighted by Crippen LogP contribution is -2.28. The molecule has 0 bridgehead atoms. The van der Waals surface area contributed by atoms with Crippen LogP contribution in [0.3, 0.4) is 0 Å². The molecule has 7 nitrogen and oxygen atoms in total. The van der Waals surface area contributed by atoms with Crippen molar-refractivity contribution >= 4 is 28.3 Å². The summed E-state index contributed by atoms with van der Waals surface area (Å²) in [5.74, 6) is -0.120. The second kappa shape index (κ2) is 8.49. The van der Waals surface area contributed by atoms with Gasteiger partial charge in [-0.05, 0) is 44.0 Å². The van der Waals surface area contributed by atoms with Crippen molar-refractivity contribution in [1.29, 1.82) is 0 Å². The van der Waals surface area contributed by atoms with Crippen LogP contribution in [0.15, 0.2) is 23.1 Å². The highest BCUT2D eigenvalue weighted by molar-refractivity contribution is 7.89. The van der Waals surface area contributed by atoms with Gasteiger partial charge < -0.3 is 15.8 Å². The first-order chi connectivity index (χ1) is 10.5. The van der Waals surface area contributed by atoms with E-state index in [1.165, 1.54) is 25.3 Å². The van der Waals surface area contributed by atoms with Crippen molar-refractivity contribution in [3.8, 4) is 5.75 Å². The Labute approximate surface area is 142 Å². The number of methoxy groups -OCH3 is 1. The molecule has 23 heavy (non-hydrogen) atoms. The summed E-state index contributed by atoms with van der Waals surface area (Å²) in [6, 6.07) is 4.34. The van der Waals surface area contributed by atoms with Crippen molar-refractivity contribution in [2.75, 3.05) is 20.2 Å². The van der Waals surface area contributed by atoms with Gasteiger partial charge in [0, 0.05) is 18.2 Å². The number of sulfonamides is 1. The molecule has 1 fully saturated rings. The molecule has 0 spiro atoms. The molecule has 0 saturated heterocycles. The van der Waals surface area contributed by atoms with Crippen LogP contribution in [0, 0.1) is 0 Å². The fraction of sp³-hybridized carbons (Fsp3) is 0.500. The summed E-state index contributed by atoms with van der Waals surface area (Å²) in [7, 11) is -2.30. The van der Waals surface area contributed by atoms with E-state index in [-0.39, 0.29) is 40.6 Å². The minimum Gasteiger partial charge on any atom is -0.495 e. The molecule has 0 unspecified atom stereocenters. The molecule has 0 aromatic heterocycles. The normalized spacial score (nSPS) is 14.0. The Kier molecular flexibility index (Phi) is 7.27. The number of hydrogen-bond donors (Lipinski definition) is 3. The maximum absolute atomic E-state index is 12.4. The molecular formula is C14H22ClN3O4S. The molecule has 1 aromatic rings. The number of carbonyl (C=O) groups is 1. The Morgan fingerprint density at radius 3 is 2.65 bits per heavy atom. The minimum absolute atomic E-state index is 0. The summed E-state index contributed by atoms with van der Waals surface area (Å²) in [6.07, 6.45) is 2.33. The van der Waals surface area contributed by atoms with E-state index in [1.54, 1.807) is 0 Å². The number of amides is 1. The van der Waals surface area contributed by atoms with Crippen molar-refractivity contribution in [3.63, 3.8) is 0 Å². The average Bonchev–Trinajstić information content (AvgIpc) is 3.30. The van der Waals surface area contributed by atoms with Gasteiger partial charge in [0.05, 0.1) is 7.11 Å². The van der Waals surface area contributed by atoms with Crippen LogP contribution in [-0.4, -0.2) is 40.6 Å². The monoisotopic (exact) mass is 363 g/mol. The third-order valence-corrected chi connectivity index (χ3v) is 4.82. The van der Waals surface area contributed by atoms with Crippen molar-refractivity contribution in [2.24, 2.45) is 5.73 Å². The van der Waals surface area contributed by atoms with Crippen molar-refractivity contribution in [2.45, 2.75) is 30.2 Å². The number of benzene rings is 1. The largest absolute Gasteiger partial charge is 0.495 e. The number of carbonyl (C=O) groups excluding carboxylic acids is 1. The average molecular weight is 364 g/mol. The van der Waals surface area contributed by atoms with Crippen molar-refractivity contribution in [1.82, 2.24) is 10.0 Å². The summed E-state index contributed by atoms with van der Waals surface area (Å²) >= 11 is 0. The first-order valence-electron chi connectivity index (χ1n) is 7.16. The first kappa shape index (κ1) is 19.7. The number of hydrogen-bond acceptors (Lipinski definition) is 5. The number of halogens is 1. The fourth-order valence-electron chi connectivity index (χ4n) is 1.92. The van der Waals surface area contributed by atoms with E-state index in [1.807, 2.05) is 0 Å². The molecule has 1 amide bonds. The van der Waals surface area contributed by atoms with E-state index in [0.29, 0.717) is 19.5 Å². The molecule has 9 heteroatoms.